The van der Waals surface area contributed by atoms with Gasteiger partial charge in [-0.2, -0.15) is 0 Å². The fraction of sp³-hybridized carbons (Fsp3) is 1.00. The molecule has 1 aliphatic carbocycles. The first-order chi connectivity index (χ1) is 7.93. The van der Waals surface area contributed by atoms with Gasteiger partial charge in [0.15, 0.2) is 0 Å². The SMILES string of the molecule is CCCCCCNCCOCC1CCCC1. The monoisotopic (exact) mass is 227 g/mol. The number of nitrogens with one attached hydrogen (secondary N) is 1. The van der Waals surface area contributed by atoms with Crippen molar-refractivity contribution in [2.45, 2.75) is 58.3 Å². The van der Waals surface area contributed by atoms with E-state index in [0.717, 1.165) is 32.2 Å². The van der Waals surface area contributed by atoms with E-state index in [1.807, 2.05) is 0 Å². The van der Waals surface area contributed by atoms with Gasteiger partial charge in [-0.15, -0.1) is 0 Å². The maximum atomic E-state index is 5.68. The molecule has 1 aliphatic rings. The summed E-state index contributed by atoms with van der Waals surface area (Å²) in [5.41, 5.74) is 0. The molecule has 0 aromatic rings. The lowest BCUT2D eigenvalue weighted by molar-refractivity contribution is 0.103. The van der Waals surface area contributed by atoms with E-state index in [1.54, 1.807) is 0 Å². The van der Waals surface area contributed by atoms with Crippen molar-refractivity contribution in [3.05, 3.63) is 0 Å². The second-order valence-electron chi connectivity index (χ2n) is 5.04. The summed E-state index contributed by atoms with van der Waals surface area (Å²) >= 11 is 0. The van der Waals surface area contributed by atoms with Gasteiger partial charge in [0.05, 0.1) is 6.61 Å². The van der Waals surface area contributed by atoms with Crippen LogP contribution < -0.4 is 5.32 Å². The molecule has 16 heavy (non-hydrogen) atoms. The molecule has 0 spiro atoms. The standard InChI is InChI=1S/C14H29NO/c1-2-3-4-7-10-15-11-12-16-13-14-8-5-6-9-14/h14-15H,2-13H2,1H3. The largest absolute Gasteiger partial charge is 0.380 e. The summed E-state index contributed by atoms with van der Waals surface area (Å²) in [7, 11) is 0. The van der Waals surface area contributed by atoms with E-state index >= 15 is 0 Å². The van der Waals surface area contributed by atoms with Crippen LogP contribution in [0.1, 0.15) is 58.3 Å². The Morgan fingerprint density at radius 3 is 2.62 bits per heavy atom. The third-order valence-corrected chi connectivity index (χ3v) is 3.46. The van der Waals surface area contributed by atoms with Crippen molar-refractivity contribution in [2.24, 2.45) is 5.92 Å². The highest BCUT2D eigenvalue weighted by atomic mass is 16.5. The first-order valence-electron chi connectivity index (χ1n) is 7.22. The maximum absolute atomic E-state index is 5.68. The second-order valence-corrected chi connectivity index (χ2v) is 5.04. The van der Waals surface area contributed by atoms with Crippen LogP contribution >= 0.6 is 0 Å². The minimum atomic E-state index is 0.865. The van der Waals surface area contributed by atoms with Crippen molar-refractivity contribution in [1.82, 2.24) is 5.32 Å². The smallest absolute Gasteiger partial charge is 0.0591 e. The molecule has 0 unspecified atom stereocenters. The van der Waals surface area contributed by atoms with E-state index in [9.17, 15) is 0 Å². The topological polar surface area (TPSA) is 21.3 Å². The molecular weight excluding hydrogens is 198 g/mol. The normalized spacial score (nSPS) is 17.1. The number of ether oxygens (including phenoxy) is 1. The highest BCUT2D eigenvalue weighted by molar-refractivity contribution is 4.66. The van der Waals surface area contributed by atoms with Crippen LogP contribution in [0.2, 0.25) is 0 Å². The lowest BCUT2D eigenvalue weighted by atomic mass is 10.1. The number of unbranched alkanes of at least 4 members (excludes halogenated alkanes) is 3. The summed E-state index contributed by atoms with van der Waals surface area (Å²) < 4.78 is 5.68. The van der Waals surface area contributed by atoms with Crippen molar-refractivity contribution >= 4 is 0 Å². The lowest BCUT2D eigenvalue weighted by Gasteiger charge is -2.10. The summed E-state index contributed by atoms with van der Waals surface area (Å²) in [5.74, 6) is 0.865. The van der Waals surface area contributed by atoms with Crippen LogP contribution in [0.5, 0.6) is 0 Å². The summed E-state index contributed by atoms with van der Waals surface area (Å²) in [6.07, 6.45) is 11.0. The second kappa shape index (κ2) is 10.1. The minimum Gasteiger partial charge on any atom is -0.380 e. The van der Waals surface area contributed by atoms with Crippen molar-refractivity contribution in [1.29, 1.82) is 0 Å². The van der Waals surface area contributed by atoms with E-state index in [2.05, 4.69) is 12.2 Å². The Bertz CT molecular complexity index is 144. The molecule has 0 saturated heterocycles. The van der Waals surface area contributed by atoms with Gasteiger partial charge in [-0.1, -0.05) is 39.0 Å². The van der Waals surface area contributed by atoms with E-state index in [0.29, 0.717) is 0 Å². The van der Waals surface area contributed by atoms with E-state index in [-0.39, 0.29) is 0 Å². The Hall–Kier alpha value is -0.0800. The third kappa shape index (κ3) is 7.24. The zero-order valence-electron chi connectivity index (χ0n) is 11.0. The summed E-state index contributed by atoms with van der Waals surface area (Å²) in [6, 6.07) is 0. The molecular formula is C14H29NO. The molecule has 0 aromatic heterocycles. The minimum absolute atomic E-state index is 0.865. The molecule has 0 heterocycles. The van der Waals surface area contributed by atoms with Gasteiger partial charge in [-0.25, -0.2) is 0 Å². The Morgan fingerprint density at radius 1 is 1.06 bits per heavy atom. The van der Waals surface area contributed by atoms with Crippen LogP contribution in [0.4, 0.5) is 0 Å². The fourth-order valence-electron chi connectivity index (χ4n) is 2.37. The average molecular weight is 227 g/mol. The summed E-state index contributed by atoms with van der Waals surface area (Å²) in [5, 5.41) is 3.44. The van der Waals surface area contributed by atoms with Crippen LogP contribution in [-0.4, -0.2) is 26.3 Å². The molecule has 0 aliphatic heterocycles. The molecule has 96 valence electrons. The molecule has 1 fully saturated rings. The van der Waals surface area contributed by atoms with Crippen molar-refractivity contribution in [2.75, 3.05) is 26.3 Å². The van der Waals surface area contributed by atoms with Gasteiger partial charge in [-0.05, 0) is 31.7 Å². The Kier molecular flexibility index (Phi) is 8.83. The van der Waals surface area contributed by atoms with E-state index in [1.165, 1.54) is 51.4 Å². The molecule has 1 saturated carbocycles. The number of hydrogen-bond donors (Lipinski definition) is 1. The van der Waals surface area contributed by atoms with Crippen LogP contribution in [-0.2, 0) is 4.74 Å². The summed E-state index contributed by atoms with van der Waals surface area (Å²) in [6.45, 7) is 6.33. The molecule has 0 radical (unpaired) electrons. The predicted molar refractivity (Wildman–Crippen MR) is 69.8 cm³/mol. The fourth-order valence-corrected chi connectivity index (χ4v) is 2.37. The molecule has 0 atom stereocenters. The molecule has 0 aromatic carbocycles. The third-order valence-electron chi connectivity index (χ3n) is 3.46. The van der Waals surface area contributed by atoms with E-state index < -0.39 is 0 Å². The van der Waals surface area contributed by atoms with Gasteiger partial charge in [0.1, 0.15) is 0 Å². The van der Waals surface area contributed by atoms with Crippen molar-refractivity contribution in [3.8, 4) is 0 Å². The average Bonchev–Trinajstić information content (AvgIpc) is 2.80. The van der Waals surface area contributed by atoms with Gasteiger partial charge in [0, 0.05) is 13.2 Å². The quantitative estimate of drug-likeness (QED) is 0.578. The maximum Gasteiger partial charge on any atom is 0.0591 e. The molecule has 0 bridgehead atoms. The summed E-state index contributed by atoms with van der Waals surface area (Å²) in [4.78, 5) is 0. The van der Waals surface area contributed by atoms with Crippen LogP contribution in [0.25, 0.3) is 0 Å². The number of hydrogen-bond acceptors (Lipinski definition) is 2. The van der Waals surface area contributed by atoms with Crippen LogP contribution in [0.3, 0.4) is 0 Å². The zero-order chi connectivity index (χ0) is 11.5. The molecule has 1 rings (SSSR count). The first-order valence-corrected chi connectivity index (χ1v) is 7.22. The molecule has 1 N–H and O–H groups in total. The van der Waals surface area contributed by atoms with Crippen LogP contribution in [0.15, 0.2) is 0 Å². The Morgan fingerprint density at radius 2 is 1.88 bits per heavy atom. The van der Waals surface area contributed by atoms with Gasteiger partial charge in [0.2, 0.25) is 0 Å². The van der Waals surface area contributed by atoms with Gasteiger partial charge < -0.3 is 10.1 Å². The highest BCUT2D eigenvalue weighted by Crippen LogP contribution is 2.24. The van der Waals surface area contributed by atoms with Crippen molar-refractivity contribution < 1.29 is 4.74 Å². The van der Waals surface area contributed by atoms with Gasteiger partial charge >= 0.3 is 0 Å². The van der Waals surface area contributed by atoms with Gasteiger partial charge in [-0.3, -0.25) is 0 Å². The Labute approximate surface area is 101 Å². The molecule has 0 amide bonds. The zero-order valence-corrected chi connectivity index (χ0v) is 11.0. The van der Waals surface area contributed by atoms with E-state index in [4.69, 9.17) is 4.74 Å². The highest BCUT2D eigenvalue weighted by Gasteiger charge is 2.14. The predicted octanol–water partition coefficient (Wildman–Crippen LogP) is 3.36. The Balaban J connectivity index is 1.71. The van der Waals surface area contributed by atoms with Crippen molar-refractivity contribution in [3.63, 3.8) is 0 Å². The first kappa shape index (κ1) is 14.0. The molecule has 2 nitrogen and oxygen atoms in total. The number of rotatable bonds is 10. The molecule has 2 heteroatoms. The van der Waals surface area contributed by atoms with Crippen LogP contribution in [0, 0.1) is 5.92 Å². The lowest BCUT2D eigenvalue weighted by Crippen LogP contribution is -2.22. The van der Waals surface area contributed by atoms with Gasteiger partial charge in [0.25, 0.3) is 0 Å².